The molecule has 1 aromatic rings. The number of hydrogen-bond donors (Lipinski definition) is 1. The van der Waals surface area contributed by atoms with Crippen LogP contribution in [0.5, 0.6) is 0 Å². The highest BCUT2D eigenvalue weighted by atomic mass is 16.3. The van der Waals surface area contributed by atoms with Crippen molar-refractivity contribution >= 4 is 0 Å². The number of hydrogen-bond acceptors (Lipinski definition) is 4. The molecule has 4 nitrogen and oxygen atoms in total. The summed E-state index contributed by atoms with van der Waals surface area (Å²) in [4.78, 5) is 8.79. The molecule has 0 amide bonds. The molecule has 4 heteroatoms. The summed E-state index contributed by atoms with van der Waals surface area (Å²) in [6.45, 7) is 5.24. The van der Waals surface area contributed by atoms with Crippen LogP contribution in [0.25, 0.3) is 0 Å². The maximum Gasteiger partial charge on any atom is 0.0599 e. The monoisotopic (exact) mass is 235 g/mol. The second-order valence-corrected chi connectivity index (χ2v) is 4.92. The summed E-state index contributed by atoms with van der Waals surface area (Å²) in [7, 11) is 2.12. The van der Waals surface area contributed by atoms with E-state index in [9.17, 15) is 5.11 Å². The van der Waals surface area contributed by atoms with Crippen LogP contribution in [0, 0.1) is 0 Å². The van der Waals surface area contributed by atoms with Gasteiger partial charge < -0.3 is 10.0 Å². The minimum absolute atomic E-state index is 0.220. The Morgan fingerprint density at radius 2 is 2.29 bits per heavy atom. The van der Waals surface area contributed by atoms with Crippen LogP contribution in [0.2, 0.25) is 0 Å². The van der Waals surface area contributed by atoms with Gasteiger partial charge >= 0.3 is 0 Å². The smallest absolute Gasteiger partial charge is 0.0599 e. The Labute approximate surface area is 103 Å². The number of pyridine rings is 1. The highest BCUT2D eigenvalue weighted by Gasteiger charge is 2.28. The third-order valence-electron chi connectivity index (χ3n) is 3.59. The molecule has 1 aromatic heterocycles. The van der Waals surface area contributed by atoms with Crippen molar-refractivity contribution in [2.24, 2.45) is 0 Å². The van der Waals surface area contributed by atoms with Gasteiger partial charge in [0.2, 0.25) is 0 Å². The van der Waals surface area contributed by atoms with Gasteiger partial charge in [-0.2, -0.15) is 0 Å². The van der Waals surface area contributed by atoms with Crippen molar-refractivity contribution in [2.45, 2.75) is 25.6 Å². The fourth-order valence-electron chi connectivity index (χ4n) is 2.35. The van der Waals surface area contributed by atoms with Crippen molar-refractivity contribution in [3.63, 3.8) is 0 Å². The van der Waals surface area contributed by atoms with Crippen LogP contribution in [0.4, 0.5) is 0 Å². The van der Waals surface area contributed by atoms with Crippen molar-refractivity contribution in [2.75, 3.05) is 26.7 Å². The van der Waals surface area contributed by atoms with Crippen molar-refractivity contribution in [3.8, 4) is 0 Å². The SMILES string of the molecule is CC1CN(Cc2cccnc2)C(CO)CN1C. The van der Waals surface area contributed by atoms with E-state index in [1.54, 1.807) is 6.20 Å². The Bertz CT molecular complexity index is 344. The average Bonchev–Trinajstić information content (AvgIpc) is 2.35. The molecule has 1 saturated heterocycles. The van der Waals surface area contributed by atoms with Crippen LogP contribution in [0.15, 0.2) is 24.5 Å². The summed E-state index contributed by atoms with van der Waals surface area (Å²) in [5, 5.41) is 9.46. The molecule has 2 heterocycles. The normalized spacial score (nSPS) is 27.2. The zero-order valence-electron chi connectivity index (χ0n) is 10.6. The van der Waals surface area contributed by atoms with Crippen molar-refractivity contribution in [1.29, 1.82) is 0 Å². The quantitative estimate of drug-likeness (QED) is 0.832. The highest BCUT2D eigenvalue weighted by molar-refractivity contribution is 5.09. The Balaban J connectivity index is 2.03. The average molecular weight is 235 g/mol. The van der Waals surface area contributed by atoms with Gasteiger partial charge in [0.25, 0.3) is 0 Å². The Kier molecular flexibility index (Phi) is 4.10. The first-order chi connectivity index (χ1) is 8.20. The largest absolute Gasteiger partial charge is 0.395 e. The van der Waals surface area contributed by atoms with Crippen LogP contribution in [0.3, 0.4) is 0 Å². The van der Waals surface area contributed by atoms with E-state index in [1.165, 1.54) is 5.56 Å². The predicted octanol–water partition coefficient (Wildman–Crippen LogP) is 0.578. The number of aromatic nitrogens is 1. The minimum Gasteiger partial charge on any atom is -0.395 e. The van der Waals surface area contributed by atoms with Gasteiger partial charge in [-0.05, 0) is 25.6 Å². The fourth-order valence-corrected chi connectivity index (χ4v) is 2.35. The lowest BCUT2D eigenvalue weighted by Gasteiger charge is -2.43. The molecule has 1 aliphatic rings. The number of rotatable bonds is 3. The van der Waals surface area contributed by atoms with Crippen LogP contribution < -0.4 is 0 Å². The van der Waals surface area contributed by atoms with E-state index in [0.29, 0.717) is 6.04 Å². The van der Waals surface area contributed by atoms with Gasteiger partial charge in [-0.1, -0.05) is 6.07 Å². The van der Waals surface area contributed by atoms with Gasteiger partial charge in [0.1, 0.15) is 0 Å². The first-order valence-corrected chi connectivity index (χ1v) is 6.14. The summed E-state index contributed by atoms with van der Waals surface area (Å²) in [5.74, 6) is 0. The maximum atomic E-state index is 9.46. The van der Waals surface area contributed by atoms with E-state index < -0.39 is 0 Å². The Morgan fingerprint density at radius 3 is 2.94 bits per heavy atom. The number of piperazine rings is 1. The van der Waals surface area contributed by atoms with Crippen LogP contribution in [0.1, 0.15) is 12.5 Å². The molecule has 0 spiro atoms. The maximum absolute atomic E-state index is 9.46. The zero-order valence-corrected chi connectivity index (χ0v) is 10.6. The molecule has 0 aliphatic carbocycles. The number of aliphatic hydroxyl groups is 1. The number of aliphatic hydroxyl groups excluding tert-OH is 1. The standard InChI is InChI=1S/C13H21N3O/c1-11-7-16(13(10-17)9-15(11)2)8-12-4-3-5-14-6-12/h3-6,11,13,17H,7-10H2,1-2H3. The third kappa shape index (κ3) is 3.03. The van der Waals surface area contributed by atoms with Crippen LogP contribution in [-0.2, 0) is 6.54 Å². The van der Waals surface area contributed by atoms with Crippen molar-refractivity contribution < 1.29 is 5.11 Å². The predicted molar refractivity (Wildman–Crippen MR) is 67.6 cm³/mol. The molecule has 1 N–H and O–H groups in total. The lowest BCUT2D eigenvalue weighted by Crippen LogP contribution is -2.56. The van der Waals surface area contributed by atoms with E-state index >= 15 is 0 Å². The summed E-state index contributed by atoms with van der Waals surface area (Å²) >= 11 is 0. The molecule has 0 bridgehead atoms. The van der Waals surface area contributed by atoms with E-state index in [1.807, 2.05) is 12.3 Å². The summed E-state index contributed by atoms with van der Waals surface area (Å²) in [6, 6.07) is 4.82. The van der Waals surface area contributed by atoms with Crippen molar-refractivity contribution in [1.82, 2.24) is 14.8 Å². The molecular formula is C13H21N3O. The van der Waals surface area contributed by atoms with Gasteiger partial charge in [-0.3, -0.25) is 9.88 Å². The van der Waals surface area contributed by atoms with Gasteiger partial charge in [0, 0.05) is 44.1 Å². The third-order valence-corrected chi connectivity index (χ3v) is 3.59. The van der Waals surface area contributed by atoms with E-state index in [2.05, 4.69) is 34.8 Å². The zero-order chi connectivity index (χ0) is 12.3. The molecule has 1 aliphatic heterocycles. The lowest BCUT2D eigenvalue weighted by molar-refractivity contribution is 0.0173. The second-order valence-electron chi connectivity index (χ2n) is 4.92. The summed E-state index contributed by atoms with van der Waals surface area (Å²) < 4.78 is 0. The molecule has 94 valence electrons. The molecular weight excluding hydrogens is 214 g/mol. The number of nitrogens with zero attached hydrogens (tertiary/aromatic N) is 3. The second kappa shape index (κ2) is 5.58. The lowest BCUT2D eigenvalue weighted by atomic mass is 10.1. The molecule has 17 heavy (non-hydrogen) atoms. The fraction of sp³-hybridized carbons (Fsp3) is 0.615. The Morgan fingerprint density at radius 1 is 1.47 bits per heavy atom. The molecule has 1 fully saturated rings. The number of likely N-dealkylation sites (N-methyl/N-ethyl adjacent to an activating group) is 1. The molecule has 0 saturated carbocycles. The van der Waals surface area contributed by atoms with Gasteiger partial charge in [0.05, 0.1) is 6.61 Å². The topological polar surface area (TPSA) is 39.6 Å². The van der Waals surface area contributed by atoms with E-state index in [-0.39, 0.29) is 12.6 Å². The van der Waals surface area contributed by atoms with Gasteiger partial charge in [-0.15, -0.1) is 0 Å². The summed E-state index contributed by atoms with van der Waals surface area (Å²) in [6.07, 6.45) is 3.69. The first-order valence-electron chi connectivity index (χ1n) is 6.14. The summed E-state index contributed by atoms with van der Waals surface area (Å²) in [5.41, 5.74) is 1.21. The van der Waals surface area contributed by atoms with Crippen molar-refractivity contribution in [3.05, 3.63) is 30.1 Å². The highest BCUT2D eigenvalue weighted by Crippen LogP contribution is 2.16. The van der Waals surface area contributed by atoms with E-state index in [0.717, 1.165) is 19.6 Å². The van der Waals surface area contributed by atoms with Crippen LogP contribution in [-0.4, -0.2) is 58.7 Å². The molecule has 2 rings (SSSR count). The minimum atomic E-state index is 0.220. The van der Waals surface area contributed by atoms with Gasteiger partial charge in [-0.25, -0.2) is 0 Å². The van der Waals surface area contributed by atoms with Gasteiger partial charge in [0.15, 0.2) is 0 Å². The molecule has 2 atom stereocenters. The Hall–Kier alpha value is -0.970. The first kappa shape index (κ1) is 12.5. The molecule has 0 radical (unpaired) electrons. The molecule has 2 unspecified atom stereocenters. The van der Waals surface area contributed by atoms with E-state index in [4.69, 9.17) is 0 Å². The van der Waals surface area contributed by atoms with Crippen LogP contribution >= 0.6 is 0 Å². The molecule has 0 aromatic carbocycles.